The molecule has 0 radical (unpaired) electrons. The molecule has 3 aromatic rings. The van der Waals surface area contributed by atoms with E-state index in [1.807, 2.05) is 4.57 Å². The predicted octanol–water partition coefficient (Wildman–Crippen LogP) is 4.67. The number of hydrogen-bond donors (Lipinski definition) is 0. The summed E-state index contributed by atoms with van der Waals surface area (Å²) in [7, 11) is 0. The van der Waals surface area contributed by atoms with E-state index in [4.69, 9.17) is 9.47 Å². The first kappa shape index (κ1) is 20.6. The molecule has 0 spiro atoms. The minimum atomic E-state index is -4.28. The first-order valence-electron chi connectivity index (χ1n) is 8.85. The number of halogens is 3. The van der Waals surface area contributed by atoms with Gasteiger partial charge in [-0.15, -0.1) is 0 Å². The molecule has 2 aromatic heterocycles. The Morgan fingerprint density at radius 2 is 1.90 bits per heavy atom. The molecule has 0 saturated carbocycles. The summed E-state index contributed by atoms with van der Waals surface area (Å²) < 4.78 is 50.1. The Morgan fingerprint density at radius 3 is 2.52 bits per heavy atom. The van der Waals surface area contributed by atoms with E-state index in [0.29, 0.717) is 12.3 Å². The van der Waals surface area contributed by atoms with Gasteiger partial charge in [-0.1, -0.05) is 6.07 Å². The molecule has 0 N–H and O–H groups in total. The highest BCUT2D eigenvalue weighted by Crippen LogP contribution is 2.27. The molecule has 0 aliphatic heterocycles. The topological polar surface area (TPSA) is 66.2 Å². The Bertz CT molecular complexity index is 1010. The van der Waals surface area contributed by atoms with Gasteiger partial charge in [-0.05, 0) is 31.5 Å². The number of rotatable bonds is 6. The minimum absolute atomic E-state index is 0.0612. The SMILES string of the molecule is CC(=O)OC(C)(C)Cn1cnc2ccc(Oc3ccc(CC(F)(F)F)cn3)cc21. The van der Waals surface area contributed by atoms with E-state index in [0.717, 1.165) is 17.2 Å². The average molecular weight is 407 g/mol. The summed E-state index contributed by atoms with van der Waals surface area (Å²) >= 11 is 0. The molecule has 0 saturated heterocycles. The first-order chi connectivity index (χ1) is 13.5. The minimum Gasteiger partial charge on any atom is -0.458 e. The molecule has 1 aromatic carbocycles. The summed E-state index contributed by atoms with van der Waals surface area (Å²) in [6.07, 6.45) is -2.53. The van der Waals surface area contributed by atoms with E-state index in [1.165, 1.54) is 19.1 Å². The van der Waals surface area contributed by atoms with E-state index in [1.54, 1.807) is 38.4 Å². The molecular formula is C20H20F3N3O3. The average Bonchev–Trinajstić information content (AvgIpc) is 2.96. The van der Waals surface area contributed by atoms with Gasteiger partial charge in [-0.3, -0.25) is 4.79 Å². The lowest BCUT2D eigenvalue weighted by Crippen LogP contribution is -2.32. The van der Waals surface area contributed by atoms with Crippen LogP contribution in [0, 0.1) is 0 Å². The lowest BCUT2D eigenvalue weighted by molar-refractivity contribution is -0.154. The van der Waals surface area contributed by atoms with Crippen LogP contribution in [0.1, 0.15) is 26.3 Å². The second-order valence-electron chi connectivity index (χ2n) is 7.28. The standard InChI is InChI=1S/C20H20F3N3O3/c1-13(27)29-19(2,3)11-26-12-25-16-6-5-15(8-17(16)26)28-18-7-4-14(10-24-18)9-20(21,22)23/h4-8,10,12H,9,11H2,1-3H3. The molecule has 0 fully saturated rings. The smallest absolute Gasteiger partial charge is 0.393 e. The molecule has 6 nitrogen and oxygen atoms in total. The van der Waals surface area contributed by atoms with Gasteiger partial charge in [-0.25, -0.2) is 9.97 Å². The number of benzene rings is 1. The Balaban J connectivity index is 1.78. The molecule has 0 atom stereocenters. The van der Waals surface area contributed by atoms with Crippen LogP contribution in [0.3, 0.4) is 0 Å². The Labute approximate surface area is 165 Å². The molecule has 0 aliphatic rings. The Hall–Kier alpha value is -3.10. The summed E-state index contributed by atoms with van der Waals surface area (Å²) in [6.45, 7) is 5.34. The van der Waals surface area contributed by atoms with Crippen molar-refractivity contribution >= 4 is 17.0 Å². The number of carbonyl (C=O) groups excluding carboxylic acids is 1. The van der Waals surface area contributed by atoms with Crippen molar-refractivity contribution in [2.45, 2.75) is 45.5 Å². The molecular weight excluding hydrogens is 387 g/mol. The zero-order chi connectivity index (χ0) is 21.2. The van der Waals surface area contributed by atoms with Gasteiger partial charge in [0.25, 0.3) is 0 Å². The highest BCUT2D eigenvalue weighted by Gasteiger charge is 2.27. The van der Waals surface area contributed by atoms with Crippen molar-refractivity contribution in [3.8, 4) is 11.6 Å². The zero-order valence-electron chi connectivity index (χ0n) is 16.2. The number of pyridine rings is 1. The van der Waals surface area contributed by atoms with Gasteiger partial charge in [0.2, 0.25) is 5.88 Å². The molecule has 9 heteroatoms. The van der Waals surface area contributed by atoms with Gasteiger partial charge in [0.05, 0.1) is 30.3 Å². The number of fused-ring (bicyclic) bond motifs is 1. The molecule has 154 valence electrons. The van der Waals surface area contributed by atoms with E-state index < -0.39 is 18.2 Å². The van der Waals surface area contributed by atoms with E-state index >= 15 is 0 Å². The van der Waals surface area contributed by atoms with E-state index in [-0.39, 0.29) is 17.4 Å². The summed E-state index contributed by atoms with van der Waals surface area (Å²) in [5.74, 6) is 0.269. The number of esters is 1. The van der Waals surface area contributed by atoms with Crippen molar-refractivity contribution in [1.29, 1.82) is 0 Å². The molecule has 29 heavy (non-hydrogen) atoms. The van der Waals surface area contributed by atoms with Crippen molar-refractivity contribution in [3.05, 3.63) is 48.4 Å². The fraction of sp³-hybridized carbons (Fsp3) is 0.350. The maximum absolute atomic E-state index is 12.4. The first-order valence-corrected chi connectivity index (χ1v) is 8.85. The normalized spacial score (nSPS) is 12.2. The monoisotopic (exact) mass is 407 g/mol. The maximum atomic E-state index is 12.4. The highest BCUT2D eigenvalue weighted by atomic mass is 19.4. The largest absolute Gasteiger partial charge is 0.458 e. The van der Waals surface area contributed by atoms with E-state index in [9.17, 15) is 18.0 Å². The predicted molar refractivity (Wildman–Crippen MR) is 99.6 cm³/mol. The molecule has 0 bridgehead atoms. The van der Waals surface area contributed by atoms with E-state index in [2.05, 4.69) is 9.97 Å². The molecule has 0 amide bonds. The van der Waals surface area contributed by atoms with Crippen LogP contribution in [0.15, 0.2) is 42.9 Å². The number of aromatic nitrogens is 3. The summed E-state index contributed by atoms with van der Waals surface area (Å²) in [5, 5.41) is 0. The van der Waals surface area contributed by atoms with Gasteiger partial charge < -0.3 is 14.0 Å². The Morgan fingerprint density at radius 1 is 1.14 bits per heavy atom. The molecule has 0 aliphatic carbocycles. The number of nitrogens with zero attached hydrogens (tertiary/aromatic N) is 3. The van der Waals surface area contributed by atoms with Crippen molar-refractivity contribution in [2.24, 2.45) is 0 Å². The zero-order valence-corrected chi connectivity index (χ0v) is 16.2. The van der Waals surface area contributed by atoms with Gasteiger partial charge in [0.1, 0.15) is 11.4 Å². The van der Waals surface area contributed by atoms with Crippen LogP contribution in [-0.4, -0.2) is 32.3 Å². The highest BCUT2D eigenvalue weighted by molar-refractivity contribution is 5.77. The number of hydrogen-bond acceptors (Lipinski definition) is 5. The third-order valence-corrected chi connectivity index (χ3v) is 3.99. The summed E-state index contributed by atoms with van der Waals surface area (Å²) in [6, 6.07) is 7.93. The van der Waals surface area contributed by atoms with Crippen LogP contribution in [0.25, 0.3) is 11.0 Å². The van der Waals surface area contributed by atoms with Crippen molar-refractivity contribution in [2.75, 3.05) is 0 Å². The van der Waals surface area contributed by atoms with Crippen LogP contribution in [0.2, 0.25) is 0 Å². The number of carbonyl (C=O) groups is 1. The number of ether oxygens (including phenoxy) is 2. The van der Waals surface area contributed by atoms with Gasteiger partial charge >= 0.3 is 12.1 Å². The second kappa shape index (κ2) is 7.73. The van der Waals surface area contributed by atoms with Crippen molar-refractivity contribution < 1.29 is 27.4 Å². The fourth-order valence-electron chi connectivity index (χ4n) is 2.99. The lowest BCUT2D eigenvalue weighted by Gasteiger charge is -2.25. The molecule has 2 heterocycles. The third kappa shape index (κ3) is 5.69. The quantitative estimate of drug-likeness (QED) is 0.556. The van der Waals surface area contributed by atoms with Crippen molar-refractivity contribution in [1.82, 2.24) is 14.5 Å². The fourth-order valence-corrected chi connectivity index (χ4v) is 2.99. The summed E-state index contributed by atoms with van der Waals surface area (Å²) in [4.78, 5) is 19.5. The van der Waals surface area contributed by atoms with Gasteiger partial charge in [0, 0.05) is 25.3 Å². The molecule has 0 unspecified atom stereocenters. The van der Waals surface area contributed by atoms with Gasteiger partial charge in [0.15, 0.2) is 0 Å². The third-order valence-electron chi connectivity index (χ3n) is 3.99. The number of imidazole rings is 1. The maximum Gasteiger partial charge on any atom is 0.393 e. The van der Waals surface area contributed by atoms with Crippen LogP contribution >= 0.6 is 0 Å². The van der Waals surface area contributed by atoms with Crippen LogP contribution < -0.4 is 4.74 Å². The molecule has 3 rings (SSSR count). The van der Waals surface area contributed by atoms with Crippen LogP contribution in [0.5, 0.6) is 11.6 Å². The van der Waals surface area contributed by atoms with Gasteiger partial charge in [-0.2, -0.15) is 13.2 Å². The lowest BCUT2D eigenvalue weighted by atomic mass is 10.1. The summed E-state index contributed by atoms with van der Waals surface area (Å²) in [5.41, 5.74) is 0.818. The van der Waals surface area contributed by atoms with Crippen LogP contribution in [0.4, 0.5) is 13.2 Å². The Kier molecular flexibility index (Phi) is 5.50. The van der Waals surface area contributed by atoms with Crippen molar-refractivity contribution in [3.63, 3.8) is 0 Å². The number of alkyl halides is 3. The second-order valence-corrected chi connectivity index (χ2v) is 7.28. The van der Waals surface area contributed by atoms with Crippen LogP contribution in [-0.2, 0) is 22.5 Å².